The lowest BCUT2D eigenvalue weighted by Gasteiger charge is -2.06. The lowest BCUT2D eigenvalue weighted by Crippen LogP contribution is -2.26. The van der Waals surface area contributed by atoms with Crippen LogP contribution in [0, 0.1) is 21.4 Å². The zero-order valence-corrected chi connectivity index (χ0v) is 14.5. The minimum absolute atomic E-state index is 0.0746. The van der Waals surface area contributed by atoms with E-state index in [0.717, 1.165) is 6.20 Å². The number of amides is 1. The van der Waals surface area contributed by atoms with E-state index in [1.54, 1.807) is 6.07 Å². The normalized spacial score (nSPS) is 10.7. The van der Waals surface area contributed by atoms with Crippen molar-refractivity contribution in [1.82, 2.24) is 5.32 Å². The van der Waals surface area contributed by atoms with Crippen LogP contribution < -0.4 is 10.6 Å². The molecule has 0 radical (unpaired) electrons. The Morgan fingerprint density at radius 2 is 2.08 bits per heavy atom. The van der Waals surface area contributed by atoms with Crippen LogP contribution in [-0.2, 0) is 9.59 Å². The number of aliphatic carboxylic acids is 1. The lowest BCUT2D eigenvalue weighted by atomic mass is 10.2. The van der Waals surface area contributed by atoms with Gasteiger partial charge >= 0.3 is 5.97 Å². The van der Waals surface area contributed by atoms with Crippen molar-refractivity contribution in [2.24, 2.45) is 0 Å². The summed E-state index contributed by atoms with van der Waals surface area (Å²) in [5, 5.41) is 33.7. The van der Waals surface area contributed by atoms with E-state index in [1.165, 1.54) is 18.2 Å². The van der Waals surface area contributed by atoms with Gasteiger partial charge in [0.2, 0.25) is 0 Å². The lowest BCUT2D eigenvalue weighted by molar-refractivity contribution is -0.384. The van der Waals surface area contributed by atoms with Crippen LogP contribution in [0.15, 0.2) is 30.0 Å². The molecule has 10 heteroatoms. The summed E-state index contributed by atoms with van der Waals surface area (Å²) in [6.07, 6.45) is 2.93. The minimum atomic E-state index is -0.866. The van der Waals surface area contributed by atoms with Crippen LogP contribution in [0.3, 0.4) is 0 Å². The molecule has 1 rings (SSSR count). The van der Waals surface area contributed by atoms with Gasteiger partial charge in [-0.1, -0.05) is 18.0 Å². The van der Waals surface area contributed by atoms with Gasteiger partial charge in [0, 0.05) is 31.3 Å². The van der Waals surface area contributed by atoms with Crippen molar-refractivity contribution < 1.29 is 19.6 Å². The second kappa shape index (κ2) is 10.7. The number of carbonyl (C=O) groups excluding carboxylic acids is 1. The number of carbonyl (C=O) groups is 2. The Hall–Kier alpha value is -3.12. The summed E-state index contributed by atoms with van der Waals surface area (Å²) in [5.41, 5.74) is -0.220. The molecule has 0 aromatic heterocycles. The molecule has 0 atom stereocenters. The summed E-state index contributed by atoms with van der Waals surface area (Å²) in [4.78, 5) is 32.5. The Balaban J connectivity index is 2.58. The quantitative estimate of drug-likeness (QED) is 0.186. The number of carboxylic acid groups (broad SMARTS) is 1. The Morgan fingerprint density at radius 1 is 1.35 bits per heavy atom. The first-order valence-corrected chi connectivity index (χ1v) is 8.03. The van der Waals surface area contributed by atoms with Gasteiger partial charge in [0.1, 0.15) is 11.6 Å². The van der Waals surface area contributed by atoms with Crippen LogP contribution in [0.5, 0.6) is 0 Å². The van der Waals surface area contributed by atoms with Gasteiger partial charge in [0.15, 0.2) is 0 Å². The molecular formula is C16H17ClN4O5. The number of anilines is 1. The van der Waals surface area contributed by atoms with Crippen molar-refractivity contribution in [1.29, 1.82) is 5.26 Å². The molecule has 0 spiro atoms. The monoisotopic (exact) mass is 380 g/mol. The predicted octanol–water partition coefficient (Wildman–Crippen LogP) is 2.83. The SMILES string of the molecule is N#C/C(=C/Nc1cc([N+](=O)[O-])ccc1Cl)C(=O)NCCCCCC(=O)O. The number of benzene rings is 1. The highest BCUT2D eigenvalue weighted by atomic mass is 35.5. The van der Waals surface area contributed by atoms with Gasteiger partial charge in [-0.3, -0.25) is 19.7 Å². The summed E-state index contributed by atoms with van der Waals surface area (Å²) in [7, 11) is 0. The minimum Gasteiger partial charge on any atom is -0.481 e. The van der Waals surface area contributed by atoms with Gasteiger partial charge in [-0.15, -0.1) is 0 Å². The maximum absolute atomic E-state index is 11.9. The van der Waals surface area contributed by atoms with E-state index >= 15 is 0 Å². The van der Waals surface area contributed by atoms with E-state index in [0.29, 0.717) is 25.8 Å². The number of nitriles is 1. The summed E-state index contributed by atoms with van der Waals surface area (Å²) >= 11 is 5.92. The van der Waals surface area contributed by atoms with E-state index in [4.69, 9.17) is 22.0 Å². The molecule has 0 fully saturated rings. The van der Waals surface area contributed by atoms with E-state index in [1.807, 2.05) is 0 Å². The zero-order valence-electron chi connectivity index (χ0n) is 13.7. The zero-order chi connectivity index (χ0) is 19.5. The number of halogens is 1. The van der Waals surface area contributed by atoms with Crippen molar-refractivity contribution >= 4 is 34.9 Å². The number of unbranched alkanes of at least 4 members (excludes halogenated alkanes) is 2. The fourth-order valence-electron chi connectivity index (χ4n) is 1.91. The molecule has 1 amide bonds. The number of carboxylic acids is 1. The molecule has 1 aromatic rings. The Labute approximate surface area is 154 Å². The number of rotatable bonds is 10. The fourth-order valence-corrected chi connectivity index (χ4v) is 2.08. The van der Waals surface area contributed by atoms with E-state index in [2.05, 4.69) is 10.6 Å². The predicted molar refractivity (Wildman–Crippen MR) is 94.5 cm³/mol. The van der Waals surface area contributed by atoms with Gasteiger partial charge in [0.25, 0.3) is 11.6 Å². The van der Waals surface area contributed by atoms with Gasteiger partial charge in [-0.05, 0) is 18.9 Å². The molecule has 3 N–H and O–H groups in total. The molecule has 0 aliphatic carbocycles. The number of nitrogens with one attached hydrogen (secondary N) is 2. The van der Waals surface area contributed by atoms with Crippen molar-refractivity contribution in [2.45, 2.75) is 25.7 Å². The van der Waals surface area contributed by atoms with E-state index in [-0.39, 0.29) is 28.4 Å². The Kier molecular flexibility index (Phi) is 8.60. The largest absolute Gasteiger partial charge is 0.481 e. The van der Waals surface area contributed by atoms with Crippen molar-refractivity contribution in [3.8, 4) is 6.07 Å². The van der Waals surface area contributed by atoms with Crippen LogP contribution in [0.25, 0.3) is 0 Å². The number of hydrogen-bond donors (Lipinski definition) is 3. The van der Waals surface area contributed by atoms with E-state index < -0.39 is 16.8 Å². The van der Waals surface area contributed by atoms with Crippen LogP contribution >= 0.6 is 11.6 Å². The molecule has 0 aliphatic rings. The second-order valence-corrected chi connectivity index (χ2v) is 5.60. The molecule has 0 bridgehead atoms. The Bertz CT molecular complexity index is 757. The van der Waals surface area contributed by atoms with Crippen molar-refractivity contribution in [2.75, 3.05) is 11.9 Å². The van der Waals surface area contributed by atoms with E-state index in [9.17, 15) is 19.7 Å². The van der Waals surface area contributed by atoms with Crippen molar-refractivity contribution in [3.63, 3.8) is 0 Å². The van der Waals surface area contributed by atoms with Gasteiger partial charge in [-0.25, -0.2) is 0 Å². The molecule has 0 aliphatic heterocycles. The molecule has 26 heavy (non-hydrogen) atoms. The third kappa shape index (κ3) is 7.19. The number of nitro benzene ring substituents is 1. The Morgan fingerprint density at radius 3 is 2.69 bits per heavy atom. The third-order valence-corrected chi connectivity index (χ3v) is 3.58. The standard InChI is InChI=1S/C16H17ClN4O5/c17-13-6-5-12(21(25)26)8-14(13)20-10-11(9-18)16(24)19-7-3-1-2-4-15(22)23/h5-6,8,10,20H,1-4,7H2,(H,19,24)(H,22,23)/b11-10-. The highest BCUT2D eigenvalue weighted by molar-refractivity contribution is 6.33. The average molecular weight is 381 g/mol. The van der Waals surface area contributed by atoms with Gasteiger partial charge in [0.05, 0.1) is 15.6 Å². The summed E-state index contributed by atoms with van der Waals surface area (Å²) in [6, 6.07) is 5.48. The number of non-ortho nitro benzene ring substituents is 1. The average Bonchev–Trinajstić information content (AvgIpc) is 2.59. The van der Waals surface area contributed by atoms with Crippen LogP contribution in [0.1, 0.15) is 25.7 Å². The van der Waals surface area contributed by atoms with Gasteiger partial charge in [-0.2, -0.15) is 5.26 Å². The molecule has 9 nitrogen and oxygen atoms in total. The molecule has 0 saturated carbocycles. The third-order valence-electron chi connectivity index (χ3n) is 3.25. The van der Waals surface area contributed by atoms with Crippen LogP contribution in [-0.4, -0.2) is 28.5 Å². The first-order valence-electron chi connectivity index (χ1n) is 7.66. The first kappa shape index (κ1) is 20.9. The molecule has 138 valence electrons. The summed E-state index contributed by atoms with van der Waals surface area (Å²) < 4.78 is 0. The molecule has 0 saturated heterocycles. The smallest absolute Gasteiger partial charge is 0.303 e. The first-order chi connectivity index (χ1) is 12.3. The molecule has 0 unspecified atom stereocenters. The number of nitro groups is 1. The van der Waals surface area contributed by atoms with Crippen molar-refractivity contribution in [3.05, 3.63) is 45.1 Å². The topological polar surface area (TPSA) is 145 Å². The number of nitrogens with zero attached hydrogens (tertiary/aromatic N) is 2. The number of hydrogen-bond acceptors (Lipinski definition) is 6. The highest BCUT2D eigenvalue weighted by Gasteiger charge is 2.11. The summed E-state index contributed by atoms with van der Waals surface area (Å²) in [5.74, 6) is -1.48. The molecular weight excluding hydrogens is 364 g/mol. The summed E-state index contributed by atoms with van der Waals surface area (Å²) in [6.45, 7) is 0.301. The maximum atomic E-state index is 11.9. The fraction of sp³-hybridized carbons (Fsp3) is 0.312. The maximum Gasteiger partial charge on any atom is 0.303 e. The van der Waals surface area contributed by atoms with Gasteiger partial charge < -0.3 is 15.7 Å². The van der Waals surface area contributed by atoms with Crippen LogP contribution in [0.2, 0.25) is 5.02 Å². The molecule has 0 heterocycles. The second-order valence-electron chi connectivity index (χ2n) is 5.20. The van der Waals surface area contributed by atoms with Crippen LogP contribution in [0.4, 0.5) is 11.4 Å². The highest BCUT2D eigenvalue weighted by Crippen LogP contribution is 2.26. The molecule has 1 aromatic carbocycles.